The molecule has 0 radical (unpaired) electrons. The Morgan fingerprint density at radius 3 is 2.32 bits per heavy atom. The van der Waals surface area contributed by atoms with Gasteiger partial charge < -0.3 is 10.2 Å². The average molecular weight is 262 g/mol. The van der Waals surface area contributed by atoms with E-state index in [1.807, 2.05) is 0 Å². The number of hydrogen-bond donors (Lipinski definition) is 1. The van der Waals surface area contributed by atoms with Gasteiger partial charge in [-0.2, -0.15) is 0 Å². The van der Waals surface area contributed by atoms with Gasteiger partial charge in [0.2, 0.25) is 0 Å². The molecule has 0 aliphatic rings. The molecule has 1 rings (SSSR count). The molecule has 0 heterocycles. The van der Waals surface area contributed by atoms with Crippen molar-refractivity contribution in [2.45, 2.75) is 52.6 Å². The molecule has 0 aliphatic heterocycles. The molecule has 1 N–H and O–H groups in total. The summed E-state index contributed by atoms with van der Waals surface area (Å²) in [6.07, 6.45) is 3.61. The predicted octanol–water partition coefficient (Wildman–Crippen LogP) is 3.46. The van der Waals surface area contributed by atoms with Gasteiger partial charge in [-0.3, -0.25) is 0 Å². The first-order chi connectivity index (χ1) is 9.15. The van der Waals surface area contributed by atoms with Gasteiger partial charge in [-0.05, 0) is 57.5 Å². The van der Waals surface area contributed by atoms with E-state index in [1.165, 1.54) is 36.9 Å². The van der Waals surface area contributed by atoms with Crippen LogP contribution in [0.2, 0.25) is 0 Å². The fourth-order valence-electron chi connectivity index (χ4n) is 1.97. The Morgan fingerprint density at radius 2 is 1.74 bits per heavy atom. The Kier molecular flexibility index (Phi) is 7.76. The summed E-state index contributed by atoms with van der Waals surface area (Å²) in [6.45, 7) is 9.97. The Balaban J connectivity index is 2.31. The summed E-state index contributed by atoms with van der Waals surface area (Å²) in [4.78, 5) is 2.37. The van der Waals surface area contributed by atoms with E-state index in [0.717, 1.165) is 13.1 Å². The highest BCUT2D eigenvalue weighted by atomic mass is 15.1. The number of hydrogen-bond acceptors (Lipinski definition) is 2. The van der Waals surface area contributed by atoms with Gasteiger partial charge in [0.05, 0.1) is 0 Å². The Morgan fingerprint density at radius 1 is 1.11 bits per heavy atom. The second kappa shape index (κ2) is 9.11. The fourth-order valence-corrected chi connectivity index (χ4v) is 1.97. The van der Waals surface area contributed by atoms with E-state index >= 15 is 0 Å². The van der Waals surface area contributed by atoms with Gasteiger partial charge in [-0.25, -0.2) is 0 Å². The Bertz CT molecular complexity index is 332. The molecule has 1 atom stereocenters. The van der Waals surface area contributed by atoms with E-state index in [9.17, 15) is 0 Å². The highest BCUT2D eigenvalue weighted by Gasteiger charge is 2.00. The van der Waals surface area contributed by atoms with E-state index in [1.54, 1.807) is 0 Å². The smallest absolute Gasteiger partial charge is 0.0207 e. The maximum absolute atomic E-state index is 3.53. The summed E-state index contributed by atoms with van der Waals surface area (Å²) < 4.78 is 0. The van der Waals surface area contributed by atoms with Crippen molar-refractivity contribution < 1.29 is 0 Å². The molecular weight excluding hydrogens is 232 g/mol. The third kappa shape index (κ3) is 6.74. The highest BCUT2D eigenvalue weighted by Crippen LogP contribution is 2.07. The molecule has 0 spiro atoms. The second-order valence-electron chi connectivity index (χ2n) is 5.51. The zero-order valence-electron chi connectivity index (χ0n) is 13.1. The lowest BCUT2D eigenvalue weighted by Crippen LogP contribution is -2.24. The van der Waals surface area contributed by atoms with Crippen LogP contribution in [-0.4, -0.2) is 31.1 Å². The van der Waals surface area contributed by atoms with Crippen molar-refractivity contribution in [2.24, 2.45) is 0 Å². The second-order valence-corrected chi connectivity index (χ2v) is 5.51. The molecule has 2 heteroatoms. The lowest BCUT2D eigenvalue weighted by molar-refractivity contribution is 0.347. The Labute approximate surface area is 119 Å². The summed E-state index contributed by atoms with van der Waals surface area (Å²) in [5.41, 5.74) is 2.84. The molecule has 0 saturated heterocycles. The molecule has 1 aromatic carbocycles. The van der Waals surface area contributed by atoms with Crippen molar-refractivity contribution in [3.05, 3.63) is 35.4 Å². The summed E-state index contributed by atoms with van der Waals surface area (Å²) >= 11 is 0. The third-order valence-electron chi connectivity index (χ3n) is 3.84. The molecule has 0 saturated carbocycles. The molecule has 108 valence electrons. The topological polar surface area (TPSA) is 15.3 Å². The molecule has 0 aliphatic carbocycles. The van der Waals surface area contributed by atoms with Crippen LogP contribution in [0.1, 0.15) is 44.7 Å². The first-order valence-electron chi connectivity index (χ1n) is 7.65. The molecule has 2 nitrogen and oxygen atoms in total. The maximum Gasteiger partial charge on any atom is 0.0207 e. The van der Waals surface area contributed by atoms with Crippen LogP contribution in [0.25, 0.3) is 0 Å². The quantitative estimate of drug-likeness (QED) is 0.733. The minimum atomic E-state index is 0.601. The van der Waals surface area contributed by atoms with Crippen LogP contribution in [0.5, 0.6) is 0 Å². The van der Waals surface area contributed by atoms with Crippen molar-refractivity contribution in [1.29, 1.82) is 0 Å². The van der Waals surface area contributed by atoms with Crippen molar-refractivity contribution in [1.82, 2.24) is 10.2 Å². The predicted molar refractivity (Wildman–Crippen MR) is 84.5 cm³/mol. The zero-order chi connectivity index (χ0) is 14.1. The minimum absolute atomic E-state index is 0.601. The van der Waals surface area contributed by atoms with E-state index in [0.29, 0.717) is 6.04 Å². The standard InChI is InChI=1S/C17H30N2/c1-5-15(3)18-14-17-11-9-16(10-12-17)8-7-13-19(4)6-2/h9-12,15,18H,5-8,13-14H2,1-4H3. The van der Waals surface area contributed by atoms with Gasteiger partial charge in [0, 0.05) is 12.6 Å². The molecule has 0 fully saturated rings. The van der Waals surface area contributed by atoms with E-state index in [-0.39, 0.29) is 0 Å². The minimum Gasteiger partial charge on any atom is -0.310 e. The van der Waals surface area contributed by atoms with Crippen LogP contribution in [-0.2, 0) is 13.0 Å². The number of benzene rings is 1. The monoisotopic (exact) mass is 262 g/mol. The largest absolute Gasteiger partial charge is 0.310 e. The Hall–Kier alpha value is -0.860. The van der Waals surface area contributed by atoms with Gasteiger partial charge in [0.15, 0.2) is 0 Å². The first-order valence-corrected chi connectivity index (χ1v) is 7.65. The van der Waals surface area contributed by atoms with Gasteiger partial charge >= 0.3 is 0 Å². The molecule has 19 heavy (non-hydrogen) atoms. The van der Waals surface area contributed by atoms with Crippen molar-refractivity contribution >= 4 is 0 Å². The third-order valence-corrected chi connectivity index (χ3v) is 3.84. The van der Waals surface area contributed by atoms with Crippen molar-refractivity contribution in [3.8, 4) is 0 Å². The fraction of sp³-hybridized carbons (Fsp3) is 0.647. The SMILES string of the molecule is CCC(C)NCc1ccc(CCCN(C)CC)cc1. The van der Waals surface area contributed by atoms with Gasteiger partial charge in [-0.1, -0.05) is 38.1 Å². The van der Waals surface area contributed by atoms with Crippen molar-refractivity contribution in [2.75, 3.05) is 20.1 Å². The number of nitrogens with one attached hydrogen (secondary N) is 1. The van der Waals surface area contributed by atoms with Crippen LogP contribution in [0, 0.1) is 0 Å². The normalized spacial score (nSPS) is 12.9. The van der Waals surface area contributed by atoms with Crippen LogP contribution < -0.4 is 5.32 Å². The molecule has 0 aromatic heterocycles. The van der Waals surface area contributed by atoms with Crippen LogP contribution in [0.3, 0.4) is 0 Å². The van der Waals surface area contributed by atoms with Gasteiger partial charge in [-0.15, -0.1) is 0 Å². The van der Waals surface area contributed by atoms with Gasteiger partial charge in [0.25, 0.3) is 0 Å². The maximum atomic E-state index is 3.53. The van der Waals surface area contributed by atoms with E-state index < -0.39 is 0 Å². The average Bonchev–Trinajstić information content (AvgIpc) is 2.45. The van der Waals surface area contributed by atoms with Crippen LogP contribution in [0.15, 0.2) is 24.3 Å². The number of aryl methyl sites for hydroxylation is 1. The summed E-state index contributed by atoms with van der Waals surface area (Å²) in [5.74, 6) is 0. The lowest BCUT2D eigenvalue weighted by Gasteiger charge is -2.13. The summed E-state index contributed by atoms with van der Waals surface area (Å²) in [5, 5.41) is 3.53. The van der Waals surface area contributed by atoms with E-state index in [2.05, 4.69) is 62.3 Å². The number of rotatable bonds is 9. The summed E-state index contributed by atoms with van der Waals surface area (Å²) in [7, 11) is 2.18. The van der Waals surface area contributed by atoms with E-state index in [4.69, 9.17) is 0 Å². The lowest BCUT2D eigenvalue weighted by atomic mass is 10.1. The van der Waals surface area contributed by atoms with Gasteiger partial charge in [0.1, 0.15) is 0 Å². The van der Waals surface area contributed by atoms with Crippen LogP contribution in [0.4, 0.5) is 0 Å². The highest BCUT2D eigenvalue weighted by molar-refractivity contribution is 5.22. The summed E-state index contributed by atoms with van der Waals surface area (Å²) in [6, 6.07) is 9.67. The molecule has 0 amide bonds. The van der Waals surface area contributed by atoms with Crippen LogP contribution >= 0.6 is 0 Å². The van der Waals surface area contributed by atoms with Crippen molar-refractivity contribution in [3.63, 3.8) is 0 Å². The number of nitrogens with zero attached hydrogens (tertiary/aromatic N) is 1. The first kappa shape index (κ1) is 16.2. The zero-order valence-corrected chi connectivity index (χ0v) is 13.1. The molecule has 1 aromatic rings. The molecule has 0 bridgehead atoms. The molecule has 1 unspecified atom stereocenters. The molecular formula is C17H30N2.